The number of benzene rings is 2. The summed E-state index contributed by atoms with van der Waals surface area (Å²) in [7, 11) is -3.94. The molecule has 2 aromatic carbocycles. The lowest BCUT2D eigenvalue weighted by atomic mass is 10.2. The van der Waals surface area contributed by atoms with Crippen LogP contribution < -0.4 is 15.4 Å². The number of halogens is 1. The van der Waals surface area contributed by atoms with E-state index in [0.717, 1.165) is 5.56 Å². The number of hydrogen-bond acceptors (Lipinski definition) is 5. The zero-order chi connectivity index (χ0) is 22.2. The van der Waals surface area contributed by atoms with Crippen LogP contribution in [0.25, 0.3) is 0 Å². The summed E-state index contributed by atoms with van der Waals surface area (Å²) in [6.07, 6.45) is 0.372. The van der Waals surface area contributed by atoms with Crippen molar-refractivity contribution in [2.75, 3.05) is 11.9 Å². The van der Waals surface area contributed by atoms with Gasteiger partial charge in [0.15, 0.2) is 6.10 Å². The van der Waals surface area contributed by atoms with Crippen molar-refractivity contribution >= 4 is 39.1 Å². The van der Waals surface area contributed by atoms with E-state index in [2.05, 4.69) is 10.6 Å². The Kier molecular flexibility index (Phi) is 5.92. The van der Waals surface area contributed by atoms with E-state index >= 15 is 0 Å². The van der Waals surface area contributed by atoms with Gasteiger partial charge in [-0.05, 0) is 55.7 Å². The predicted molar refractivity (Wildman–Crippen MR) is 115 cm³/mol. The third kappa shape index (κ3) is 4.39. The average molecular weight is 464 g/mol. The molecule has 2 aromatic rings. The van der Waals surface area contributed by atoms with Crippen LogP contribution in [0.15, 0.2) is 47.4 Å². The highest BCUT2D eigenvalue weighted by Gasteiger charge is 2.40. The maximum absolute atomic E-state index is 13.3. The fraction of sp³-hybridized carbons (Fsp3) is 0.333. The van der Waals surface area contributed by atoms with Crippen molar-refractivity contribution in [2.45, 2.75) is 43.4 Å². The van der Waals surface area contributed by atoms with Crippen molar-refractivity contribution in [1.29, 1.82) is 0 Å². The van der Waals surface area contributed by atoms with Crippen molar-refractivity contribution in [3.05, 3.63) is 53.1 Å². The van der Waals surface area contributed by atoms with Gasteiger partial charge in [-0.25, -0.2) is 8.42 Å². The number of ether oxygens (including phenoxy) is 1. The summed E-state index contributed by atoms with van der Waals surface area (Å²) in [4.78, 5) is 24.6. The van der Waals surface area contributed by atoms with Crippen LogP contribution in [-0.4, -0.2) is 43.2 Å². The summed E-state index contributed by atoms with van der Waals surface area (Å²) in [5.74, 6) is -0.285. The molecule has 0 bridgehead atoms. The molecule has 0 radical (unpaired) electrons. The van der Waals surface area contributed by atoms with Gasteiger partial charge in [0.05, 0.1) is 10.6 Å². The number of sulfonamides is 1. The van der Waals surface area contributed by atoms with Gasteiger partial charge in [-0.15, -0.1) is 0 Å². The topological polar surface area (TPSA) is 105 Å². The lowest BCUT2D eigenvalue weighted by Gasteiger charge is -2.26. The predicted octanol–water partition coefficient (Wildman–Crippen LogP) is 2.53. The second-order valence-electron chi connectivity index (χ2n) is 7.53. The Labute approximate surface area is 185 Å². The highest BCUT2D eigenvalue weighted by Crippen LogP contribution is 2.34. The van der Waals surface area contributed by atoms with Crippen LogP contribution >= 0.6 is 11.6 Å². The number of hydrogen-bond donors (Lipinski definition) is 2. The molecule has 31 heavy (non-hydrogen) atoms. The summed E-state index contributed by atoms with van der Waals surface area (Å²) >= 11 is 5.87. The Hall–Kier alpha value is -2.62. The number of carbonyl (C=O) groups is 2. The van der Waals surface area contributed by atoms with Gasteiger partial charge in [-0.1, -0.05) is 23.7 Å². The van der Waals surface area contributed by atoms with E-state index in [-0.39, 0.29) is 29.8 Å². The van der Waals surface area contributed by atoms with Crippen LogP contribution in [0.5, 0.6) is 5.75 Å². The molecule has 0 saturated carbocycles. The first-order chi connectivity index (χ1) is 14.8. The first-order valence-electron chi connectivity index (χ1n) is 9.91. The maximum Gasteiger partial charge on any atom is 0.265 e. The second kappa shape index (κ2) is 8.49. The number of anilines is 1. The smallest absolute Gasteiger partial charge is 0.265 e. The molecule has 2 N–H and O–H groups in total. The van der Waals surface area contributed by atoms with Crippen molar-refractivity contribution in [3.63, 3.8) is 0 Å². The van der Waals surface area contributed by atoms with E-state index in [1.165, 1.54) is 22.5 Å². The molecule has 4 rings (SSSR count). The van der Waals surface area contributed by atoms with E-state index in [1.807, 2.05) is 0 Å². The lowest BCUT2D eigenvalue weighted by molar-refractivity contribution is -0.124. The van der Waals surface area contributed by atoms with Gasteiger partial charge < -0.3 is 15.4 Å². The molecular formula is C21H22ClN3O5S. The Balaban J connectivity index is 1.51. The molecular weight excluding hydrogens is 442 g/mol. The molecule has 2 atom stereocenters. The van der Waals surface area contributed by atoms with E-state index in [0.29, 0.717) is 29.3 Å². The van der Waals surface area contributed by atoms with Crippen LogP contribution in [0.3, 0.4) is 0 Å². The highest BCUT2D eigenvalue weighted by molar-refractivity contribution is 7.89. The number of nitrogens with zero attached hydrogens (tertiary/aromatic N) is 1. The summed E-state index contributed by atoms with van der Waals surface area (Å²) in [6, 6.07) is 10.6. The van der Waals surface area contributed by atoms with Crippen molar-refractivity contribution in [1.82, 2.24) is 9.62 Å². The molecule has 2 heterocycles. The molecule has 1 fully saturated rings. The minimum absolute atomic E-state index is 0.00195. The zero-order valence-electron chi connectivity index (χ0n) is 16.8. The molecule has 164 valence electrons. The van der Waals surface area contributed by atoms with Crippen LogP contribution in [0, 0.1) is 0 Å². The van der Waals surface area contributed by atoms with Gasteiger partial charge in [0.1, 0.15) is 11.8 Å². The number of nitrogens with one attached hydrogen (secondary N) is 2. The standard InChI is InChI=1S/C21H22ClN3O5S/c1-13-20(26)24-17-11-16(8-9-19(17)30-13)31(28,29)25-10-2-3-18(25)21(27)23-12-14-4-6-15(22)7-5-14/h4-9,11,13,18H,2-3,10,12H2,1H3,(H,23,27)(H,24,26)/t13-,18+/m0/s1. The molecule has 10 heteroatoms. The second-order valence-corrected chi connectivity index (χ2v) is 9.85. The molecule has 8 nitrogen and oxygen atoms in total. The number of carbonyl (C=O) groups excluding carboxylic acids is 2. The lowest BCUT2D eigenvalue weighted by Crippen LogP contribution is -2.45. The summed E-state index contributed by atoms with van der Waals surface area (Å²) in [5.41, 5.74) is 1.16. The largest absolute Gasteiger partial charge is 0.479 e. The van der Waals surface area contributed by atoms with Crippen molar-refractivity contribution < 1.29 is 22.7 Å². The first kappa shape index (κ1) is 21.6. The number of rotatable bonds is 5. The van der Waals surface area contributed by atoms with Crippen LogP contribution in [0.2, 0.25) is 5.02 Å². The molecule has 2 aliphatic heterocycles. The summed E-state index contributed by atoms with van der Waals surface area (Å²) in [5, 5.41) is 6.06. The Morgan fingerprint density at radius 1 is 1.26 bits per heavy atom. The van der Waals surface area contributed by atoms with Crippen molar-refractivity contribution in [3.8, 4) is 5.75 Å². The quantitative estimate of drug-likeness (QED) is 0.709. The summed E-state index contributed by atoms with van der Waals surface area (Å²) in [6.45, 7) is 2.14. The molecule has 1 saturated heterocycles. The monoisotopic (exact) mass is 463 g/mol. The van der Waals surface area contributed by atoms with Gasteiger partial charge in [0, 0.05) is 18.1 Å². The van der Waals surface area contributed by atoms with Crippen LogP contribution in [0.1, 0.15) is 25.3 Å². The third-order valence-corrected chi connectivity index (χ3v) is 7.53. The Bertz CT molecular complexity index is 1120. The van der Waals surface area contributed by atoms with Gasteiger partial charge in [-0.3, -0.25) is 9.59 Å². The highest BCUT2D eigenvalue weighted by atomic mass is 35.5. The molecule has 2 amide bonds. The van der Waals surface area contributed by atoms with Crippen LogP contribution in [0.4, 0.5) is 5.69 Å². The van der Waals surface area contributed by atoms with E-state index in [9.17, 15) is 18.0 Å². The summed E-state index contributed by atoms with van der Waals surface area (Å²) < 4.78 is 33.2. The van der Waals surface area contributed by atoms with Gasteiger partial charge in [0.2, 0.25) is 15.9 Å². The molecule has 0 aliphatic carbocycles. The van der Waals surface area contributed by atoms with Gasteiger partial charge >= 0.3 is 0 Å². The molecule has 2 aliphatic rings. The first-order valence-corrected chi connectivity index (χ1v) is 11.7. The van der Waals surface area contributed by atoms with E-state index in [1.54, 1.807) is 31.2 Å². The molecule has 0 aromatic heterocycles. The van der Waals surface area contributed by atoms with E-state index < -0.39 is 22.2 Å². The minimum Gasteiger partial charge on any atom is -0.479 e. The molecule has 0 spiro atoms. The fourth-order valence-corrected chi connectivity index (χ4v) is 5.49. The zero-order valence-corrected chi connectivity index (χ0v) is 18.4. The number of fused-ring (bicyclic) bond motifs is 1. The SMILES string of the molecule is C[C@@H]1Oc2ccc(S(=O)(=O)N3CCC[C@@H]3C(=O)NCc3ccc(Cl)cc3)cc2NC1=O. The maximum atomic E-state index is 13.3. The third-order valence-electron chi connectivity index (χ3n) is 5.37. The number of amides is 2. The van der Waals surface area contributed by atoms with Gasteiger partial charge in [0.25, 0.3) is 5.91 Å². The fourth-order valence-electron chi connectivity index (χ4n) is 3.68. The normalized spacial score (nSPS) is 21.2. The molecule has 0 unspecified atom stereocenters. The minimum atomic E-state index is -3.94. The van der Waals surface area contributed by atoms with Crippen molar-refractivity contribution in [2.24, 2.45) is 0 Å². The van der Waals surface area contributed by atoms with Crippen LogP contribution in [-0.2, 0) is 26.2 Å². The average Bonchev–Trinajstić information content (AvgIpc) is 3.24. The van der Waals surface area contributed by atoms with Gasteiger partial charge in [-0.2, -0.15) is 4.31 Å². The Morgan fingerprint density at radius 2 is 2.00 bits per heavy atom. The van der Waals surface area contributed by atoms with E-state index in [4.69, 9.17) is 16.3 Å². The Morgan fingerprint density at radius 3 is 2.74 bits per heavy atom.